The molecule has 0 saturated carbocycles. The quantitative estimate of drug-likeness (QED) is 0.550. The second kappa shape index (κ2) is 3.52. The summed E-state index contributed by atoms with van der Waals surface area (Å²) in [5.41, 5.74) is 9.75. The van der Waals surface area contributed by atoms with E-state index in [4.69, 9.17) is 11.5 Å². The van der Waals surface area contributed by atoms with Gasteiger partial charge in [0.1, 0.15) is 0 Å². The molecule has 0 amide bonds. The summed E-state index contributed by atoms with van der Waals surface area (Å²) in [6.07, 6.45) is 1.75. The molecule has 0 bridgehead atoms. The molecule has 68 valence electrons. The van der Waals surface area contributed by atoms with Gasteiger partial charge >= 0.3 is 0 Å². The molecule has 2 atom stereocenters. The van der Waals surface area contributed by atoms with Crippen molar-refractivity contribution >= 4 is 0 Å². The van der Waals surface area contributed by atoms with Crippen molar-refractivity contribution < 1.29 is 5.11 Å². The Balaban J connectivity index is 4.26. The van der Waals surface area contributed by atoms with Crippen LogP contribution in [0, 0.1) is 0 Å². The summed E-state index contributed by atoms with van der Waals surface area (Å²) in [5.74, 6) is 0. The molecule has 2 unspecified atom stereocenters. The van der Waals surface area contributed by atoms with E-state index < -0.39 is 11.1 Å². The van der Waals surface area contributed by atoms with Crippen molar-refractivity contribution in [2.75, 3.05) is 6.54 Å². The first-order valence-corrected chi connectivity index (χ1v) is 4.08. The summed E-state index contributed by atoms with van der Waals surface area (Å²) in [5, 5.41) is 9.73. The lowest BCUT2D eigenvalue weighted by molar-refractivity contribution is -0.00744. The molecule has 0 saturated heterocycles. The normalized spacial score (nSPS) is 22.4. The van der Waals surface area contributed by atoms with Gasteiger partial charge in [0.05, 0.1) is 5.60 Å². The zero-order chi connectivity index (χ0) is 9.12. The third-order valence-electron chi connectivity index (χ3n) is 2.40. The summed E-state index contributed by atoms with van der Waals surface area (Å²) in [6, 6.07) is 0. The van der Waals surface area contributed by atoms with E-state index in [-0.39, 0.29) is 6.54 Å². The van der Waals surface area contributed by atoms with Gasteiger partial charge in [0.2, 0.25) is 0 Å². The van der Waals surface area contributed by atoms with E-state index in [1.54, 1.807) is 6.92 Å². The second-order valence-corrected chi connectivity index (χ2v) is 3.65. The van der Waals surface area contributed by atoms with Crippen LogP contribution in [-0.2, 0) is 0 Å². The lowest BCUT2D eigenvalue weighted by atomic mass is 9.80. The monoisotopic (exact) mass is 160 g/mol. The predicted molar refractivity (Wildman–Crippen MR) is 47.2 cm³/mol. The zero-order valence-electron chi connectivity index (χ0n) is 7.72. The maximum atomic E-state index is 9.73. The Labute approximate surface area is 68.8 Å². The molecule has 0 aromatic carbocycles. The summed E-state index contributed by atoms with van der Waals surface area (Å²) in [4.78, 5) is 0. The average Bonchev–Trinajstić information content (AvgIpc) is 1.87. The largest absolute Gasteiger partial charge is 0.387 e. The Morgan fingerprint density at radius 1 is 1.36 bits per heavy atom. The van der Waals surface area contributed by atoms with E-state index in [9.17, 15) is 5.11 Å². The van der Waals surface area contributed by atoms with Crippen molar-refractivity contribution in [2.24, 2.45) is 11.5 Å². The Morgan fingerprint density at radius 2 is 1.82 bits per heavy atom. The van der Waals surface area contributed by atoms with Crippen LogP contribution in [0.25, 0.3) is 0 Å². The molecule has 0 aromatic rings. The van der Waals surface area contributed by atoms with E-state index in [1.807, 2.05) is 13.8 Å². The van der Waals surface area contributed by atoms with Crippen molar-refractivity contribution in [2.45, 2.75) is 44.8 Å². The van der Waals surface area contributed by atoms with Crippen molar-refractivity contribution in [3.8, 4) is 0 Å². The maximum Gasteiger partial charge on any atom is 0.0916 e. The van der Waals surface area contributed by atoms with Crippen LogP contribution in [0.5, 0.6) is 0 Å². The fourth-order valence-corrected chi connectivity index (χ4v) is 1.02. The fraction of sp³-hybridized carbons (Fsp3) is 1.00. The summed E-state index contributed by atoms with van der Waals surface area (Å²) < 4.78 is 0. The Kier molecular flexibility index (Phi) is 3.48. The molecule has 3 nitrogen and oxygen atoms in total. The predicted octanol–water partition coefficient (Wildman–Crippen LogP) is 0.214. The topological polar surface area (TPSA) is 72.3 Å². The number of rotatable bonds is 4. The highest BCUT2D eigenvalue weighted by atomic mass is 16.3. The maximum absolute atomic E-state index is 9.73. The van der Waals surface area contributed by atoms with Crippen LogP contribution in [-0.4, -0.2) is 22.8 Å². The molecule has 3 heteroatoms. The van der Waals surface area contributed by atoms with Crippen LogP contribution in [0.4, 0.5) is 0 Å². The first kappa shape index (κ1) is 10.9. The molecule has 0 fully saturated rings. The third-order valence-corrected chi connectivity index (χ3v) is 2.40. The molecular weight excluding hydrogens is 140 g/mol. The lowest BCUT2D eigenvalue weighted by Gasteiger charge is -2.38. The van der Waals surface area contributed by atoms with Gasteiger partial charge in [-0.1, -0.05) is 13.3 Å². The summed E-state index contributed by atoms with van der Waals surface area (Å²) >= 11 is 0. The Hall–Kier alpha value is -0.120. The minimum atomic E-state index is -0.955. The Morgan fingerprint density at radius 3 is 2.09 bits per heavy atom. The van der Waals surface area contributed by atoms with E-state index in [0.29, 0.717) is 0 Å². The molecule has 0 aliphatic rings. The molecule has 0 spiro atoms. The van der Waals surface area contributed by atoms with Crippen molar-refractivity contribution in [3.05, 3.63) is 0 Å². The van der Waals surface area contributed by atoms with Gasteiger partial charge < -0.3 is 16.6 Å². The SMILES string of the molecule is CCCC(C)(N)C(C)(O)CN. The van der Waals surface area contributed by atoms with Crippen LogP contribution in [0.15, 0.2) is 0 Å². The summed E-state index contributed by atoms with van der Waals surface area (Å²) in [6.45, 7) is 5.77. The molecule has 0 radical (unpaired) electrons. The van der Waals surface area contributed by atoms with Crippen LogP contribution in [0.1, 0.15) is 33.6 Å². The molecule has 0 heterocycles. The smallest absolute Gasteiger partial charge is 0.0916 e. The van der Waals surface area contributed by atoms with Gasteiger partial charge in [-0.25, -0.2) is 0 Å². The van der Waals surface area contributed by atoms with Gasteiger partial charge in [0, 0.05) is 12.1 Å². The minimum Gasteiger partial charge on any atom is -0.387 e. The van der Waals surface area contributed by atoms with Crippen molar-refractivity contribution in [3.63, 3.8) is 0 Å². The molecular formula is C8H20N2O. The molecule has 0 rings (SSSR count). The first-order chi connectivity index (χ1) is 4.87. The van der Waals surface area contributed by atoms with Crippen LogP contribution < -0.4 is 11.5 Å². The van der Waals surface area contributed by atoms with E-state index in [0.717, 1.165) is 12.8 Å². The van der Waals surface area contributed by atoms with E-state index >= 15 is 0 Å². The number of hydrogen-bond donors (Lipinski definition) is 3. The van der Waals surface area contributed by atoms with Gasteiger partial charge in [-0.15, -0.1) is 0 Å². The highest BCUT2D eigenvalue weighted by Crippen LogP contribution is 2.22. The van der Waals surface area contributed by atoms with Crippen LogP contribution >= 0.6 is 0 Å². The van der Waals surface area contributed by atoms with Gasteiger partial charge in [-0.3, -0.25) is 0 Å². The number of hydrogen-bond acceptors (Lipinski definition) is 3. The van der Waals surface area contributed by atoms with Crippen molar-refractivity contribution in [1.82, 2.24) is 0 Å². The molecule has 11 heavy (non-hydrogen) atoms. The second-order valence-electron chi connectivity index (χ2n) is 3.65. The van der Waals surface area contributed by atoms with Gasteiger partial charge in [0.15, 0.2) is 0 Å². The van der Waals surface area contributed by atoms with Gasteiger partial charge in [-0.05, 0) is 20.3 Å². The first-order valence-electron chi connectivity index (χ1n) is 4.08. The minimum absolute atomic E-state index is 0.208. The summed E-state index contributed by atoms with van der Waals surface area (Å²) in [7, 11) is 0. The number of nitrogens with two attached hydrogens (primary N) is 2. The fourth-order valence-electron chi connectivity index (χ4n) is 1.02. The highest BCUT2D eigenvalue weighted by Gasteiger charge is 2.37. The van der Waals surface area contributed by atoms with Crippen molar-refractivity contribution in [1.29, 1.82) is 0 Å². The van der Waals surface area contributed by atoms with E-state index in [1.165, 1.54) is 0 Å². The van der Waals surface area contributed by atoms with Crippen LogP contribution in [0.3, 0.4) is 0 Å². The standard InChI is InChI=1S/C8H20N2O/c1-4-5-7(2,10)8(3,11)6-9/h11H,4-6,9-10H2,1-3H3. The van der Waals surface area contributed by atoms with Gasteiger partial charge in [-0.2, -0.15) is 0 Å². The average molecular weight is 160 g/mol. The molecule has 0 aromatic heterocycles. The highest BCUT2D eigenvalue weighted by molar-refractivity contribution is 4.97. The zero-order valence-corrected chi connectivity index (χ0v) is 7.72. The lowest BCUT2D eigenvalue weighted by Crippen LogP contribution is -2.60. The number of aliphatic hydroxyl groups is 1. The molecule has 5 N–H and O–H groups in total. The molecule has 0 aliphatic carbocycles. The van der Waals surface area contributed by atoms with E-state index in [2.05, 4.69) is 0 Å². The van der Waals surface area contributed by atoms with Gasteiger partial charge in [0.25, 0.3) is 0 Å². The third kappa shape index (κ3) is 2.43. The van der Waals surface area contributed by atoms with Crippen LogP contribution in [0.2, 0.25) is 0 Å². The Bertz CT molecular complexity index is 121. The molecule has 0 aliphatic heterocycles.